The number of ether oxygens (including phenoxy) is 5. The van der Waals surface area contributed by atoms with Crippen molar-refractivity contribution in [2.75, 3.05) is 39.6 Å². The van der Waals surface area contributed by atoms with Crippen LogP contribution < -0.4 is 0 Å². The minimum absolute atomic E-state index is 0.000672. The maximum absolute atomic E-state index is 12.0. The van der Waals surface area contributed by atoms with Crippen LogP contribution >= 0.6 is 0 Å². The zero-order chi connectivity index (χ0) is 25.5. The highest BCUT2D eigenvalue weighted by Crippen LogP contribution is 2.09. The van der Waals surface area contributed by atoms with E-state index in [0.29, 0.717) is 11.1 Å². The first kappa shape index (κ1) is 27.0. The van der Waals surface area contributed by atoms with Crippen molar-refractivity contribution < 1.29 is 42.9 Å². The molecule has 0 aliphatic rings. The first-order chi connectivity index (χ1) is 17.0. The third-order valence-corrected chi connectivity index (χ3v) is 4.30. The van der Waals surface area contributed by atoms with Crippen molar-refractivity contribution in [1.29, 1.82) is 0 Å². The minimum atomic E-state index is -0.567. The second-order valence-corrected chi connectivity index (χ2v) is 6.81. The van der Waals surface area contributed by atoms with E-state index in [1.807, 2.05) is 0 Å². The van der Waals surface area contributed by atoms with Gasteiger partial charge in [-0.1, -0.05) is 25.3 Å². The fourth-order valence-corrected chi connectivity index (χ4v) is 2.58. The van der Waals surface area contributed by atoms with Gasteiger partial charge in [0.25, 0.3) is 0 Å². The molecule has 0 unspecified atom stereocenters. The van der Waals surface area contributed by atoms with Gasteiger partial charge in [-0.15, -0.1) is 0 Å². The Bertz CT molecular complexity index is 940. The van der Waals surface area contributed by atoms with Crippen LogP contribution in [-0.4, -0.2) is 63.5 Å². The zero-order valence-corrected chi connectivity index (χ0v) is 19.1. The molecule has 2 aromatic rings. The second-order valence-electron chi connectivity index (χ2n) is 6.81. The van der Waals surface area contributed by atoms with E-state index in [1.165, 1.54) is 60.7 Å². The van der Waals surface area contributed by atoms with Crippen LogP contribution in [0.25, 0.3) is 0 Å². The number of carbonyl (C=O) groups excluding carboxylic acids is 4. The van der Waals surface area contributed by atoms with Crippen molar-refractivity contribution in [3.63, 3.8) is 0 Å². The van der Waals surface area contributed by atoms with Gasteiger partial charge in [-0.05, 0) is 48.5 Å². The molecule has 0 radical (unpaired) electrons. The molecule has 2 rings (SSSR count). The fraction of sp³-hybridized carbons (Fsp3) is 0.231. The van der Waals surface area contributed by atoms with Crippen molar-refractivity contribution >= 4 is 23.9 Å². The molecule has 184 valence electrons. The number of carbonyl (C=O) groups is 4. The first-order valence-electron chi connectivity index (χ1n) is 10.6. The van der Waals surface area contributed by atoms with Gasteiger partial charge in [0.15, 0.2) is 0 Å². The highest BCUT2D eigenvalue weighted by Gasteiger charge is 2.12. The third-order valence-electron chi connectivity index (χ3n) is 4.30. The average molecular weight is 482 g/mol. The van der Waals surface area contributed by atoms with Crippen LogP contribution in [0.1, 0.15) is 41.4 Å². The smallest absolute Gasteiger partial charge is 0.338 e. The molecular weight excluding hydrogens is 456 g/mol. The second kappa shape index (κ2) is 14.8. The van der Waals surface area contributed by atoms with Crippen LogP contribution in [0, 0.1) is 0 Å². The van der Waals surface area contributed by atoms with Crippen LogP contribution in [0.3, 0.4) is 0 Å². The predicted octanol–water partition coefficient (Wildman–Crippen LogP) is 3.40. The van der Waals surface area contributed by atoms with Gasteiger partial charge in [0.2, 0.25) is 0 Å². The Morgan fingerprint density at radius 2 is 0.800 bits per heavy atom. The number of hydrogen-bond donors (Lipinski definition) is 0. The number of esters is 4. The van der Waals surface area contributed by atoms with Crippen molar-refractivity contribution in [3.8, 4) is 0 Å². The summed E-state index contributed by atoms with van der Waals surface area (Å²) in [4.78, 5) is 47.5. The zero-order valence-electron chi connectivity index (χ0n) is 19.1. The molecule has 0 atom stereocenters. The summed E-state index contributed by atoms with van der Waals surface area (Å²) in [5, 5.41) is 0. The average Bonchev–Trinajstić information content (AvgIpc) is 2.89. The van der Waals surface area contributed by atoms with E-state index in [2.05, 4.69) is 13.2 Å². The molecule has 0 aliphatic heterocycles. The van der Waals surface area contributed by atoms with E-state index in [1.54, 1.807) is 0 Å². The van der Waals surface area contributed by atoms with Gasteiger partial charge in [0.1, 0.15) is 26.4 Å². The largest absolute Gasteiger partial charge is 0.460 e. The fourth-order valence-electron chi connectivity index (χ4n) is 2.58. The van der Waals surface area contributed by atoms with Gasteiger partial charge < -0.3 is 23.7 Å². The number of rotatable bonds is 14. The molecule has 0 aliphatic carbocycles. The molecule has 0 N–H and O–H groups in total. The lowest BCUT2D eigenvalue weighted by Crippen LogP contribution is -2.15. The molecular formula is C26H26O9. The molecule has 35 heavy (non-hydrogen) atoms. The highest BCUT2D eigenvalue weighted by atomic mass is 16.6. The van der Waals surface area contributed by atoms with Crippen molar-refractivity contribution in [3.05, 3.63) is 96.1 Å². The lowest BCUT2D eigenvalue weighted by molar-refractivity contribution is 0.0150. The molecule has 0 fully saturated rings. The van der Waals surface area contributed by atoms with Gasteiger partial charge in [0.05, 0.1) is 35.5 Å². The maximum atomic E-state index is 12.0. The Morgan fingerprint density at radius 1 is 0.514 bits per heavy atom. The standard InChI is InChI=1S/C26H26O9/c1-3-13-32-23(27)19-5-9-21(10-6-19)25(29)34-17-15-31-16-18-35-26(30)22-11-7-20(8-12-22)24(28)33-14-4-2/h3-12H,1-2,13-18H2. The summed E-state index contributed by atoms with van der Waals surface area (Å²) < 4.78 is 25.3. The van der Waals surface area contributed by atoms with Crippen LogP contribution in [0.5, 0.6) is 0 Å². The molecule has 0 heterocycles. The van der Waals surface area contributed by atoms with Crippen molar-refractivity contribution in [1.82, 2.24) is 0 Å². The van der Waals surface area contributed by atoms with Gasteiger partial charge in [0, 0.05) is 0 Å². The summed E-state index contributed by atoms with van der Waals surface area (Å²) in [6.07, 6.45) is 2.92. The SMILES string of the molecule is C=CCOC(=O)c1ccc(C(=O)OCCOCCOC(=O)c2ccc(C(=O)OCC=C)cc2)cc1. The topological polar surface area (TPSA) is 114 Å². The molecule has 0 amide bonds. The minimum Gasteiger partial charge on any atom is -0.460 e. The highest BCUT2D eigenvalue weighted by molar-refractivity contribution is 5.94. The van der Waals surface area contributed by atoms with E-state index in [-0.39, 0.29) is 50.8 Å². The molecule has 0 saturated heterocycles. The Hall–Kier alpha value is -4.24. The van der Waals surface area contributed by atoms with E-state index in [4.69, 9.17) is 23.7 Å². The molecule has 0 aromatic heterocycles. The van der Waals surface area contributed by atoms with Crippen molar-refractivity contribution in [2.45, 2.75) is 0 Å². The van der Waals surface area contributed by atoms with E-state index in [0.717, 1.165) is 0 Å². The third kappa shape index (κ3) is 9.26. The van der Waals surface area contributed by atoms with Crippen molar-refractivity contribution in [2.24, 2.45) is 0 Å². The van der Waals surface area contributed by atoms with Gasteiger partial charge in [-0.2, -0.15) is 0 Å². The van der Waals surface area contributed by atoms with Gasteiger partial charge >= 0.3 is 23.9 Å². The summed E-state index contributed by atoms with van der Waals surface area (Å²) in [5.41, 5.74) is 1.17. The molecule has 9 nitrogen and oxygen atoms in total. The van der Waals surface area contributed by atoms with E-state index < -0.39 is 23.9 Å². The predicted molar refractivity (Wildman–Crippen MR) is 125 cm³/mol. The Morgan fingerprint density at radius 3 is 1.09 bits per heavy atom. The van der Waals surface area contributed by atoms with Crippen LogP contribution in [0.2, 0.25) is 0 Å². The molecule has 9 heteroatoms. The Balaban J connectivity index is 1.62. The lowest BCUT2D eigenvalue weighted by atomic mass is 10.1. The summed E-state index contributed by atoms with van der Waals surface area (Å²) in [5.74, 6) is -2.16. The summed E-state index contributed by atoms with van der Waals surface area (Å²) >= 11 is 0. The normalized spacial score (nSPS) is 10.1. The molecule has 0 bridgehead atoms. The van der Waals surface area contributed by atoms with Crippen LogP contribution in [0.15, 0.2) is 73.8 Å². The summed E-state index contributed by atoms with van der Waals surface area (Å²) in [6, 6.07) is 11.7. The Labute approximate surface area is 202 Å². The van der Waals surface area contributed by atoms with E-state index >= 15 is 0 Å². The van der Waals surface area contributed by atoms with E-state index in [9.17, 15) is 19.2 Å². The monoisotopic (exact) mass is 482 g/mol. The maximum Gasteiger partial charge on any atom is 0.338 e. The summed E-state index contributed by atoms with van der Waals surface area (Å²) in [7, 11) is 0. The molecule has 0 spiro atoms. The number of benzene rings is 2. The number of hydrogen-bond acceptors (Lipinski definition) is 9. The van der Waals surface area contributed by atoms with Gasteiger partial charge in [-0.3, -0.25) is 0 Å². The summed E-state index contributed by atoms with van der Waals surface area (Å²) in [6.45, 7) is 7.35. The lowest BCUT2D eigenvalue weighted by Gasteiger charge is -2.08. The molecule has 0 saturated carbocycles. The quantitative estimate of drug-likeness (QED) is 0.173. The van der Waals surface area contributed by atoms with Gasteiger partial charge in [-0.25, -0.2) is 19.2 Å². The van der Waals surface area contributed by atoms with Crippen LogP contribution in [0.4, 0.5) is 0 Å². The molecule has 2 aromatic carbocycles. The van der Waals surface area contributed by atoms with Crippen LogP contribution in [-0.2, 0) is 23.7 Å². The first-order valence-corrected chi connectivity index (χ1v) is 10.6. The Kier molecular flexibility index (Phi) is 11.4.